The summed E-state index contributed by atoms with van der Waals surface area (Å²) < 4.78 is 10.6. The van der Waals surface area contributed by atoms with E-state index in [0.29, 0.717) is 12.3 Å². The number of rotatable bonds is 7. The van der Waals surface area contributed by atoms with E-state index < -0.39 is 0 Å². The predicted octanol–water partition coefficient (Wildman–Crippen LogP) is 4.23. The molecule has 0 spiro atoms. The molecule has 0 unspecified atom stereocenters. The number of nitrogens with zero attached hydrogens (tertiary/aromatic N) is 2. The van der Waals surface area contributed by atoms with Gasteiger partial charge < -0.3 is 14.6 Å². The Morgan fingerprint density at radius 2 is 1.83 bits per heavy atom. The average Bonchev–Trinajstić information content (AvgIpc) is 3.48. The Labute approximate surface area is 176 Å². The van der Waals surface area contributed by atoms with E-state index in [0.717, 1.165) is 24.4 Å². The highest BCUT2D eigenvalue weighted by Gasteiger charge is 2.24. The lowest BCUT2D eigenvalue weighted by atomic mass is 10.0. The highest BCUT2D eigenvalue weighted by molar-refractivity contribution is 5.93. The van der Waals surface area contributed by atoms with Crippen molar-refractivity contribution in [1.29, 1.82) is 0 Å². The van der Waals surface area contributed by atoms with Crippen molar-refractivity contribution < 1.29 is 14.1 Å². The number of hydrogen-bond acceptors (Lipinski definition) is 5. The second kappa shape index (κ2) is 9.13. The van der Waals surface area contributed by atoms with E-state index in [1.165, 1.54) is 24.0 Å². The van der Waals surface area contributed by atoms with Crippen molar-refractivity contribution in [2.24, 2.45) is 0 Å². The van der Waals surface area contributed by atoms with Crippen LogP contribution in [0.15, 0.2) is 59.1 Å². The number of likely N-dealkylation sites (tertiary alicyclic amines) is 1. The predicted molar refractivity (Wildman–Crippen MR) is 116 cm³/mol. The van der Waals surface area contributed by atoms with Crippen LogP contribution < -0.4 is 10.1 Å². The summed E-state index contributed by atoms with van der Waals surface area (Å²) >= 11 is 0. The van der Waals surface area contributed by atoms with Crippen molar-refractivity contribution >= 4 is 5.91 Å². The average molecular weight is 405 g/mol. The molecule has 3 aromatic rings. The second-order valence-electron chi connectivity index (χ2n) is 7.68. The Bertz CT molecular complexity index is 974. The number of benzene rings is 2. The third-order valence-electron chi connectivity index (χ3n) is 5.62. The third-order valence-corrected chi connectivity index (χ3v) is 5.62. The molecule has 1 aromatic heterocycles. The van der Waals surface area contributed by atoms with E-state index >= 15 is 0 Å². The monoisotopic (exact) mass is 405 g/mol. The number of nitrogens with one attached hydrogen (secondary N) is 1. The van der Waals surface area contributed by atoms with Crippen molar-refractivity contribution in [3.05, 3.63) is 71.4 Å². The normalized spacial score (nSPS) is 15.1. The van der Waals surface area contributed by atoms with Gasteiger partial charge in [0.05, 0.1) is 13.2 Å². The quantitative estimate of drug-likeness (QED) is 0.637. The SMILES string of the molecule is COc1ccc(-c2cc(C(=O)NC[C@@H](c3ccc(C)cc3)N3CCCC3)no2)cc1. The van der Waals surface area contributed by atoms with Gasteiger partial charge in [-0.05, 0) is 62.7 Å². The topological polar surface area (TPSA) is 67.6 Å². The molecule has 2 aromatic carbocycles. The van der Waals surface area contributed by atoms with Crippen LogP contribution in [0.1, 0.15) is 40.5 Å². The fourth-order valence-corrected chi connectivity index (χ4v) is 3.85. The molecule has 0 saturated carbocycles. The van der Waals surface area contributed by atoms with E-state index in [4.69, 9.17) is 9.26 Å². The molecule has 30 heavy (non-hydrogen) atoms. The number of hydrogen-bond donors (Lipinski definition) is 1. The van der Waals surface area contributed by atoms with Gasteiger partial charge in [-0.25, -0.2) is 0 Å². The van der Waals surface area contributed by atoms with Crippen LogP contribution >= 0.6 is 0 Å². The highest BCUT2D eigenvalue weighted by atomic mass is 16.5. The maximum Gasteiger partial charge on any atom is 0.273 e. The summed E-state index contributed by atoms with van der Waals surface area (Å²) in [7, 11) is 1.62. The largest absolute Gasteiger partial charge is 0.497 e. The Morgan fingerprint density at radius 3 is 2.50 bits per heavy atom. The molecular weight excluding hydrogens is 378 g/mol. The van der Waals surface area contributed by atoms with Gasteiger partial charge in [0, 0.05) is 18.2 Å². The summed E-state index contributed by atoms with van der Waals surface area (Å²) in [5.74, 6) is 1.09. The lowest BCUT2D eigenvalue weighted by Gasteiger charge is -2.28. The molecule has 1 atom stereocenters. The summed E-state index contributed by atoms with van der Waals surface area (Å²) in [6, 6.07) is 17.8. The first-order chi connectivity index (χ1) is 14.6. The van der Waals surface area contributed by atoms with Gasteiger partial charge in [-0.1, -0.05) is 35.0 Å². The lowest BCUT2D eigenvalue weighted by molar-refractivity contribution is 0.0929. The fourth-order valence-electron chi connectivity index (χ4n) is 3.85. The van der Waals surface area contributed by atoms with E-state index in [2.05, 4.69) is 46.6 Å². The number of aryl methyl sites for hydroxylation is 1. The Morgan fingerprint density at radius 1 is 1.13 bits per heavy atom. The molecule has 1 N–H and O–H groups in total. The number of amides is 1. The maximum absolute atomic E-state index is 12.7. The van der Waals surface area contributed by atoms with Crippen LogP contribution in [0.25, 0.3) is 11.3 Å². The summed E-state index contributed by atoms with van der Waals surface area (Å²) in [4.78, 5) is 15.2. The van der Waals surface area contributed by atoms with Crippen LogP contribution in [0.4, 0.5) is 0 Å². The van der Waals surface area contributed by atoms with E-state index in [-0.39, 0.29) is 17.6 Å². The van der Waals surface area contributed by atoms with Gasteiger partial charge in [0.1, 0.15) is 5.75 Å². The van der Waals surface area contributed by atoms with Crippen LogP contribution in [-0.2, 0) is 0 Å². The second-order valence-corrected chi connectivity index (χ2v) is 7.68. The fraction of sp³-hybridized carbons (Fsp3) is 0.333. The molecule has 1 fully saturated rings. The summed E-state index contributed by atoms with van der Waals surface area (Å²) in [6.45, 7) is 4.73. The Kier molecular flexibility index (Phi) is 6.14. The number of ether oxygens (including phenoxy) is 1. The number of carbonyl (C=O) groups excluding carboxylic acids is 1. The molecule has 4 rings (SSSR count). The van der Waals surface area contributed by atoms with Crippen molar-refractivity contribution in [2.75, 3.05) is 26.7 Å². The first kappa shape index (κ1) is 20.2. The molecule has 1 amide bonds. The molecule has 6 heteroatoms. The molecule has 0 aliphatic carbocycles. The van der Waals surface area contributed by atoms with E-state index in [9.17, 15) is 4.79 Å². The number of aromatic nitrogens is 1. The van der Waals surface area contributed by atoms with Gasteiger partial charge in [0.2, 0.25) is 0 Å². The standard InChI is InChI=1S/C24H27N3O3/c1-17-5-7-18(8-6-17)22(27-13-3-4-14-27)16-25-24(28)21-15-23(30-26-21)19-9-11-20(29-2)12-10-19/h5-12,15,22H,3-4,13-14,16H2,1-2H3,(H,25,28)/t22-/m0/s1. The van der Waals surface area contributed by atoms with Crippen molar-refractivity contribution in [1.82, 2.24) is 15.4 Å². The Balaban J connectivity index is 1.44. The first-order valence-corrected chi connectivity index (χ1v) is 10.3. The van der Waals surface area contributed by atoms with Crippen LogP contribution in [0, 0.1) is 6.92 Å². The molecule has 1 aliphatic heterocycles. The van der Waals surface area contributed by atoms with Crippen molar-refractivity contribution in [3.8, 4) is 17.1 Å². The minimum atomic E-state index is -0.227. The summed E-state index contributed by atoms with van der Waals surface area (Å²) in [5, 5.41) is 7.01. The summed E-state index contributed by atoms with van der Waals surface area (Å²) in [5.41, 5.74) is 3.58. The lowest BCUT2D eigenvalue weighted by Crippen LogP contribution is -2.36. The van der Waals surface area contributed by atoms with Crippen LogP contribution in [-0.4, -0.2) is 42.7 Å². The van der Waals surface area contributed by atoms with Crippen LogP contribution in [0.5, 0.6) is 5.75 Å². The minimum Gasteiger partial charge on any atom is -0.497 e. The molecule has 156 valence electrons. The zero-order valence-corrected chi connectivity index (χ0v) is 17.4. The summed E-state index contributed by atoms with van der Waals surface area (Å²) in [6.07, 6.45) is 2.40. The molecule has 0 radical (unpaired) electrons. The highest BCUT2D eigenvalue weighted by Crippen LogP contribution is 2.26. The van der Waals surface area contributed by atoms with Crippen LogP contribution in [0.2, 0.25) is 0 Å². The molecule has 1 saturated heterocycles. The van der Waals surface area contributed by atoms with Gasteiger partial charge in [-0.3, -0.25) is 9.69 Å². The van der Waals surface area contributed by atoms with Gasteiger partial charge in [-0.15, -0.1) is 0 Å². The first-order valence-electron chi connectivity index (χ1n) is 10.3. The molecule has 0 bridgehead atoms. The molecule has 2 heterocycles. The zero-order chi connectivity index (χ0) is 20.9. The molecule has 6 nitrogen and oxygen atoms in total. The Hall–Kier alpha value is -3.12. The van der Waals surface area contributed by atoms with Crippen molar-refractivity contribution in [3.63, 3.8) is 0 Å². The van der Waals surface area contributed by atoms with Crippen molar-refractivity contribution in [2.45, 2.75) is 25.8 Å². The minimum absolute atomic E-state index is 0.157. The molecular formula is C24H27N3O3. The van der Waals surface area contributed by atoms with E-state index in [1.807, 2.05) is 24.3 Å². The number of carbonyl (C=O) groups is 1. The van der Waals surface area contributed by atoms with Gasteiger partial charge >= 0.3 is 0 Å². The smallest absolute Gasteiger partial charge is 0.273 e. The zero-order valence-electron chi connectivity index (χ0n) is 17.4. The van der Waals surface area contributed by atoms with E-state index in [1.54, 1.807) is 13.2 Å². The maximum atomic E-state index is 12.7. The van der Waals surface area contributed by atoms with Crippen LogP contribution in [0.3, 0.4) is 0 Å². The van der Waals surface area contributed by atoms with Gasteiger partial charge in [-0.2, -0.15) is 0 Å². The molecule has 1 aliphatic rings. The van der Waals surface area contributed by atoms with Gasteiger partial charge in [0.25, 0.3) is 5.91 Å². The number of methoxy groups -OCH3 is 1. The third kappa shape index (κ3) is 4.54. The van der Waals surface area contributed by atoms with Gasteiger partial charge in [0.15, 0.2) is 11.5 Å².